The second-order valence-electron chi connectivity index (χ2n) is 4.68. The highest BCUT2D eigenvalue weighted by Crippen LogP contribution is 2.24. The average Bonchev–Trinajstić information content (AvgIpc) is 2.47. The Morgan fingerprint density at radius 1 is 1.25 bits per heavy atom. The smallest absolute Gasteiger partial charge is 0.219 e. The molecule has 3 N–H and O–H groups in total. The van der Waals surface area contributed by atoms with Gasteiger partial charge in [0.1, 0.15) is 11.4 Å². The predicted octanol–water partition coefficient (Wildman–Crippen LogP) is 3.09. The van der Waals surface area contributed by atoms with Crippen molar-refractivity contribution in [2.75, 3.05) is 0 Å². The van der Waals surface area contributed by atoms with Crippen molar-refractivity contribution in [3.8, 4) is 11.6 Å². The molecule has 0 aliphatic rings. The van der Waals surface area contributed by atoms with Crippen LogP contribution >= 0.6 is 0 Å². The van der Waals surface area contributed by atoms with Crippen molar-refractivity contribution in [2.45, 2.75) is 19.8 Å². The highest BCUT2D eigenvalue weighted by atomic mass is 16.5. The average molecular weight is 271 g/mol. The molecular formula is C15H17N3O2. The summed E-state index contributed by atoms with van der Waals surface area (Å²) >= 11 is 0. The van der Waals surface area contributed by atoms with Gasteiger partial charge in [-0.05, 0) is 29.7 Å². The van der Waals surface area contributed by atoms with Gasteiger partial charge in [-0.3, -0.25) is 0 Å². The molecule has 2 rings (SSSR count). The van der Waals surface area contributed by atoms with Gasteiger partial charge >= 0.3 is 0 Å². The summed E-state index contributed by atoms with van der Waals surface area (Å²) in [4.78, 5) is 4.18. The van der Waals surface area contributed by atoms with Gasteiger partial charge in [0.05, 0.1) is 0 Å². The number of benzene rings is 1. The van der Waals surface area contributed by atoms with Crippen LogP contribution in [0, 0.1) is 0 Å². The van der Waals surface area contributed by atoms with Gasteiger partial charge in [-0.1, -0.05) is 37.2 Å². The second kappa shape index (κ2) is 6.06. The summed E-state index contributed by atoms with van der Waals surface area (Å²) in [6, 6.07) is 12.9. The molecular weight excluding hydrogens is 254 g/mol. The standard InChI is InChI=1S/C15H17N3O2/c1-10(2)11-5-3-6-12(9-11)20-14-8-4-7-13(17-14)15(16)18-19/h3-10,19H,1-2H3,(H2,16,18). The van der Waals surface area contributed by atoms with Crippen molar-refractivity contribution in [3.05, 3.63) is 53.7 Å². The lowest BCUT2D eigenvalue weighted by molar-refractivity contribution is 0.318. The first-order chi connectivity index (χ1) is 9.60. The molecule has 0 saturated carbocycles. The zero-order chi connectivity index (χ0) is 14.5. The normalized spacial score (nSPS) is 11.7. The number of rotatable bonds is 4. The Balaban J connectivity index is 2.24. The number of hydrogen-bond acceptors (Lipinski definition) is 4. The van der Waals surface area contributed by atoms with E-state index in [1.54, 1.807) is 18.2 Å². The quantitative estimate of drug-likeness (QED) is 0.387. The second-order valence-corrected chi connectivity index (χ2v) is 4.68. The summed E-state index contributed by atoms with van der Waals surface area (Å²) < 4.78 is 5.70. The molecule has 5 heteroatoms. The summed E-state index contributed by atoms with van der Waals surface area (Å²) in [6.45, 7) is 4.24. The van der Waals surface area contributed by atoms with E-state index in [0.717, 1.165) is 0 Å². The summed E-state index contributed by atoms with van der Waals surface area (Å²) in [5.74, 6) is 1.48. The molecule has 2 aromatic rings. The van der Waals surface area contributed by atoms with Crippen LogP contribution in [0.15, 0.2) is 47.6 Å². The molecule has 1 heterocycles. The first-order valence-corrected chi connectivity index (χ1v) is 6.33. The van der Waals surface area contributed by atoms with Crippen LogP contribution in [-0.2, 0) is 0 Å². The minimum Gasteiger partial charge on any atom is -0.439 e. The van der Waals surface area contributed by atoms with Crippen molar-refractivity contribution in [1.82, 2.24) is 4.98 Å². The van der Waals surface area contributed by atoms with Gasteiger partial charge in [0.15, 0.2) is 5.84 Å². The molecule has 20 heavy (non-hydrogen) atoms. The predicted molar refractivity (Wildman–Crippen MR) is 77.4 cm³/mol. The van der Waals surface area contributed by atoms with Crippen molar-refractivity contribution < 1.29 is 9.94 Å². The number of amidine groups is 1. The SMILES string of the molecule is CC(C)c1cccc(Oc2cccc(C(N)=NO)n2)c1. The third-order valence-electron chi connectivity index (χ3n) is 2.84. The molecule has 0 unspecified atom stereocenters. The van der Waals surface area contributed by atoms with Gasteiger partial charge < -0.3 is 15.7 Å². The number of nitrogens with zero attached hydrogens (tertiary/aromatic N) is 2. The molecule has 5 nitrogen and oxygen atoms in total. The zero-order valence-electron chi connectivity index (χ0n) is 11.4. The largest absolute Gasteiger partial charge is 0.439 e. The molecule has 1 aromatic heterocycles. The Kier molecular flexibility index (Phi) is 4.20. The molecule has 0 fully saturated rings. The van der Waals surface area contributed by atoms with E-state index in [1.807, 2.05) is 18.2 Å². The molecule has 0 saturated heterocycles. The van der Waals surface area contributed by atoms with Gasteiger partial charge in [0, 0.05) is 6.07 Å². The highest BCUT2D eigenvalue weighted by Gasteiger charge is 2.06. The maximum atomic E-state index is 8.65. The van der Waals surface area contributed by atoms with E-state index >= 15 is 0 Å². The summed E-state index contributed by atoms with van der Waals surface area (Å²) in [5, 5.41) is 11.6. The van der Waals surface area contributed by atoms with Gasteiger partial charge in [-0.15, -0.1) is 0 Å². The first-order valence-electron chi connectivity index (χ1n) is 6.33. The van der Waals surface area contributed by atoms with Crippen LogP contribution in [0.4, 0.5) is 0 Å². The third-order valence-corrected chi connectivity index (χ3v) is 2.84. The number of ether oxygens (including phenoxy) is 1. The van der Waals surface area contributed by atoms with Crippen molar-refractivity contribution in [2.24, 2.45) is 10.9 Å². The maximum Gasteiger partial charge on any atom is 0.219 e. The van der Waals surface area contributed by atoms with Crippen LogP contribution < -0.4 is 10.5 Å². The van der Waals surface area contributed by atoms with Crippen LogP contribution in [-0.4, -0.2) is 16.0 Å². The Morgan fingerprint density at radius 3 is 2.70 bits per heavy atom. The van der Waals surface area contributed by atoms with Gasteiger partial charge in [-0.25, -0.2) is 4.98 Å². The van der Waals surface area contributed by atoms with Gasteiger partial charge in [-0.2, -0.15) is 0 Å². The zero-order valence-corrected chi connectivity index (χ0v) is 11.4. The molecule has 0 radical (unpaired) electrons. The lowest BCUT2D eigenvalue weighted by Crippen LogP contribution is -2.14. The van der Waals surface area contributed by atoms with Crippen LogP contribution in [0.3, 0.4) is 0 Å². The minimum absolute atomic E-state index is 0.0496. The van der Waals surface area contributed by atoms with Crippen LogP contribution in [0.25, 0.3) is 0 Å². The van der Waals surface area contributed by atoms with E-state index in [1.165, 1.54) is 5.56 Å². The molecule has 0 aliphatic heterocycles. The lowest BCUT2D eigenvalue weighted by atomic mass is 10.0. The highest BCUT2D eigenvalue weighted by molar-refractivity contribution is 5.95. The molecule has 0 spiro atoms. The van der Waals surface area contributed by atoms with E-state index in [2.05, 4.69) is 30.1 Å². The Bertz CT molecular complexity index is 624. The van der Waals surface area contributed by atoms with Crippen LogP contribution in [0.5, 0.6) is 11.6 Å². The fourth-order valence-electron chi connectivity index (χ4n) is 1.72. The fourth-order valence-corrected chi connectivity index (χ4v) is 1.72. The van der Waals surface area contributed by atoms with Crippen LogP contribution in [0.1, 0.15) is 31.0 Å². The Labute approximate surface area is 117 Å². The summed E-state index contributed by atoms with van der Waals surface area (Å²) in [7, 11) is 0. The number of hydrogen-bond donors (Lipinski definition) is 2. The summed E-state index contributed by atoms with van der Waals surface area (Å²) in [5.41, 5.74) is 7.06. The molecule has 104 valence electrons. The number of nitrogens with two attached hydrogens (primary N) is 1. The van der Waals surface area contributed by atoms with Gasteiger partial charge in [0.2, 0.25) is 5.88 Å². The van der Waals surface area contributed by atoms with E-state index < -0.39 is 0 Å². The van der Waals surface area contributed by atoms with E-state index in [-0.39, 0.29) is 5.84 Å². The van der Waals surface area contributed by atoms with Crippen LogP contribution in [0.2, 0.25) is 0 Å². The maximum absolute atomic E-state index is 8.65. The Hall–Kier alpha value is -2.56. The molecule has 1 aromatic carbocycles. The van der Waals surface area contributed by atoms with E-state index in [0.29, 0.717) is 23.2 Å². The first kappa shape index (κ1) is 13.9. The van der Waals surface area contributed by atoms with Crippen molar-refractivity contribution in [1.29, 1.82) is 0 Å². The number of oxime groups is 1. The van der Waals surface area contributed by atoms with E-state index in [4.69, 9.17) is 15.7 Å². The van der Waals surface area contributed by atoms with Gasteiger partial charge in [0.25, 0.3) is 0 Å². The number of pyridine rings is 1. The molecule has 0 bridgehead atoms. The fraction of sp³-hybridized carbons (Fsp3) is 0.200. The van der Waals surface area contributed by atoms with E-state index in [9.17, 15) is 0 Å². The lowest BCUT2D eigenvalue weighted by Gasteiger charge is -2.09. The molecule has 0 atom stereocenters. The molecule has 0 amide bonds. The molecule has 0 aliphatic carbocycles. The topological polar surface area (TPSA) is 80.7 Å². The van der Waals surface area contributed by atoms with Crippen molar-refractivity contribution >= 4 is 5.84 Å². The Morgan fingerprint density at radius 2 is 2.00 bits per heavy atom. The third kappa shape index (κ3) is 3.26. The monoisotopic (exact) mass is 271 g/mol. The van der Waals surface area contributed by atoms with Crippen molar-refractivity contribution in [3.63, 3.8) is 0 Å². The number of aromatic nitrogens is 1. The summed E-state index contributed by atoms with van der Waals surface area (Å²) in [6.07, 6.45) is 0. The minimum atomic E-state index is -0.0496.